The average Bonchev–Trinajstić information content (AvgIpc) is 3.09. The number of hydrogen-bond donors (Lipinski definition) is 1. The fourth-order valence-corrected chi connectivity index (χ4v) is 4.06. The van der Waals surface area contributed by atoms with Crippen molar-refractivity contribution in [1.29, 1.82) is 0 Å². The van der Waals surface area contributed by atoms with Crippen molar-refractivity contribution in [2.75, 3.05) is 26.4 Å². The molecule has 0 spiro atoms. The molecule has 1 aliphatic rings. The Bertz CT molecular complexity index is 612. The predicted octanol–water partition coefficient (Wildman–Crippen LogP) is 3.02. The molecule has 1 N–H and O–H groups in total. The van der Waals surface area contributed by atoms with E-state index in [0.717, 1.165) is 38.0 Å². The molecule has 1 heterocycles. The number of nitrogens with zero attached hydrogens (tertiary/aromatic N) is 3. The van der Waals surface area contributed by atoms with Crippen molar-refractivity contribution in [1.82, 2.24) is 20.4 Å². The van der Waals surface area contributed by atoms with E-state index in [0.29, 0.717) is 11.6 Å². The van der Waals surface area contributed by atoms with Crippen molar-refractivity contribution in [3.8, 4) is 0 Å². The third-order valence-corrected chi connectivity index (χ3v) is 5.50. The highest BCUT2D eigenvalue weighted by Gasteiger charge is 2.30. The summed E-state index contributed by atoms with van der Waals surface area (Å²) in [6.07, 6.45) is 5.72. The third kappa shape index (κ3) is 7.25. The van der Waals surface area contributed by atoms with Crippen molar-refractivity contribution in [2.24, 2.45) is 11.8 Å². The van der Waals surface area contributed by atoms with Gasteiger partial charge in [0.15, 0.2) is 0 Å². The summed E-state index contributed by atoms with van der Waals surface area (Å²) >= 11 is 1.43. The average molecular weight is 397 g/mol. The Kier molecular flexibility index (Phi) is 8.76. The van der Waals surface area contributed by atoms with E-state index in [1.54, 1.807) is 0 Å². The summed E-state index contributed by atoms with van der Waals surface area (Å²) in [4.78, 5) is 27.5. The number of carbonyl (C=O) groups is 2. The highest BCUT2D eigenvalue weighted by molar-refractivity contribution is 7.99. The number of rotatable bonds is 10. The summed E-state index contributed by atoms with van der Waals surface area (Å²) < 4.78 is 5.54. The smallest absolute Gasteiger partial charge is 0.286 e. The minimum Gasteiger partial charge on any atom is -0.408 e. The molecule has 1 saturated carbocycles. The molecule has 1 unspecified atom stereocenters. The lowest BCUT2D eigenvalue weighted by molar-refractivity contribution is -0.126. The highest BCUT2D eigenvalue weighted by Crippen LogP contribution is 2.24. The molecular weight excluding hydrogens is 364 g/mol. The Morgan fingerprint density at radius 2 is 1.93 bits per heavy atom. The molecule has 7 nitrogen and oxygen atoms in total. The van der Waals surface area contributed by atoms with Gasteiger partial charge in [-0.25, -0.2) is 0 Å². The Hall–Kier alpha value is -1.41. The van der Waals surface area contributed by atoms with Gasteiger partial charge in [-0.15, -0.1) is 10.2 Å². The zero-order valence-corrected chi connectivity index (χ0v) is 17.7. The fourth-order valence-electron chi connectivity index (χ4n) is 3.19. The van der Waals surface area contributed by atoms with Gasteiger partial charge in [-0.3, -0.25) is 9.59 Å². The van der Waals surface area contributed by atoms with E-state index in [2.05, 4.69) is 20.4 Å². The molecule has 0 radical (unpaired) electrons. The van der Waals surface area contributed by atoms with Gasteiger partial charge in [-0.05, 0) is 39.3 Å². The predicted molar refractivity (Wildman–Crippen MR) is 106 cm³/mol. The summed E-state index contributed by atoms with van der Waals surface area (Å²) in [6, 6.07) is -0.612. The SMILES string of the molecule is CC(C)CC(NC(=O)C1CCCCC1)C(=O)c1nnc(SCCN(C)C)o1. The minimum atomic E-state index is -0.612. The maximum atomic E-state index is 12.9. The zero-order valence-electron chi connectivity index (χ0n) is 16.9. The van der Waals surface area contributed by atoms with Gasteiger partial charge in [0.25, 0.3) is 11.1 Å². The van der Waals surface area contributed by atoms with Crippen LogP contribution in [0.15, 0.2) is 9.64 Å². The number of ketones is 1. The number of aromatic nitrogens is 2. The van der Waals surface area contributed by atoms with Crippen LogP contribution in [-0.2, 0) is 4.79 Å². The molecule has 27 heavy (non-hydrogen) atoms. The third-order valence-electron chi connectivity index (χ3n) is 4.70. The summed E-state index contributed by atoms with van der Waals surface area (Å²) in [5, 5.41) is 11.2. The van der Waals surface area contributed by atoms with Gasteiger partial charge < -0.3 is 14.6 Å². The molecule has 0 bridgehead atoms. The van der Waals surface area contributed by atoms with Gasteiger partial charge in [0.2, 0.25) is 11.7 Å². The molecule has 1 aromatic rings. The first-order chi connectivity index (χ1) is 12.9. The Balaban J connectivity index is 1.99. The first kappa shape index (κ1) is 21.9. The van der Waals surface area contributed by atoms with Crippen LogP contribution in [0.3, 0.4) is 0 Å². The van der Waals surface area contributed by atoms with Crippen LogP contribution in [-0.4, -0.2) is 59.2 Å². The van der Waals surface area contributed by atoms with E-state index in [9.17, 15) is 9.59 Å². The van der Waals surface area contributed by atoms with Crippen molar-refractivity contribution in [2.45, 2.75) is 63.6 Å². The van der Waals surface area contributed by atoms with Crippen molar-refractivity contribution >= 4 is 23.5 Å². The number of amides is 1. The van der Waals surface area contributed by atoms with Crippen LogP contribution in [0.25, 0.3) is 0 Å². The molecule has 0 saturated heterocycles. The van der Waals surface area contributed by atoms with E-state index < -0.39 is 6.04 Å². The molecule has 152 valence electrons. The second-order valence-corrected chi connectivity index (χ2v) is 8.96. The normalized spacial score (nSPS) is 16.7. The first-order valence-electron chi connectivity index (χ1n) is 9.82. The largest absolute Gasteiger partial charge is 0.408 e. The van der Waals surface area contributed by atoms with E-state index >= 15 is 0 Å². The van der Waals surface area contributed by atoms with Crippen LogP contribution < -0.4 is 5.32 Å². The number of carbonyl (C=O) groups excluding carboxylic acids is 2. The van der Waals surface area contributed by atoms with E-state index in [4.69, 9.17) is 4.42 Å². The molecule has 0 aromatic carbocycles. The van der Waals surface area contributed by atoms with Crippen LogP contribution in [0.4, 0.5) is 0 Å². The summed E-state index contributed by atoms with van der Waals surface area (Å²) in [7, 11) is 3.99. The van der Waals surface area contributed by atoms with Crippen LogP contribution >= 0.6 is 11.8 Å². The van der Waals surface area contributed by atoms with Crippen molar-refractivity contribution < 1.29 is 14.0 Å². The molecule has 1 fully saturated rings. The Labute approximate surface area is 166 Å². The topological polar surface area (TPSA) is 88.3 Å². The van der Waals surface area contributed by atoms with Gasteiger partial charge >= 0.3 is 0 Å². The van der Waals surface area contributed by atoms with Crippen LogP contribution in [0.5, 0.6) is 0 Å². The maximum Gasteiger partial charge on any atom is 0.286 e. The standard InChI is InChI=1S/C19H32N4O3S/c1-13(2)12-15(20-17(25)14-8-6-5-7-9-14)16(24)18-21-22-19(26-18)27-11-10-23(3)4/h13-15H,5-12H2,1-4H3,(H,20,25). The molecule has 8 heteroatoms. The Morgan fingerprint density at radius 3 is 2.56 bits per heavy atom. The van der Waals surface area contributed by atoms with Gasteiger partial charge in [-0.2, -0.15) is 0 Å². The minimum absolute atomic E-state index is 0.0149. The number of hydrogen-bond acceptors (Lipinski definition) is 7. The van der Waals surface area contributed by atoms with E-state index in [1.165, 1.54) is 18.2 Å². The number of thioether (sulfide) groups is 1. The summed E-state index contributed by atoms with van der Waals surface area (Å²) in [5.41, 5.74) is 0. The Morgan fingerprint density at radius 1 is 1.22 bits per heavy atom. The van der Waals surface area contributed by atoms with Crippen LogP contribution in [0.2, 0.25) is 0 Å². The molecule has 1 aliphatic carbocycles. The molecule has 0 aliphatic heterocycles. The number of Topliss-reactive ketones (excluding diaryl/α,β-unsaturated/α-hetero) is 1. The monoisotopic (exact) mass is 396 g/mol. The quantitative estimate of drug-likeness (QED) is 0.480. The second-order valence-electron chi connectivity index (χ2n) is 7.91. The molecule has 2 rings (SSSR count). The van der Waals surface area contributed by atoms with Gasteiger partial charge in [0.05, 0.1) is 6.04 Å². The molecule has 1 atom stereocenters. The van der Waals surface area contributed by atoms with Gasteiger partial charge in [0, 0.05) is 18.2 Å². The first-order valence-corrected chi connectivity index (χ1v) is 10.8. The maximum absolute atomic E-state index is 12.9. The van der Waals surface area contributed by atoms with Crippen LogP contribution in [0, 0.1) is 11.8 Å². The van der Waals surface area contributed by atoms with E-state index in [-0.39, 0.29) is 29.4 Å². The van der Waals surface area contributed by atoms with Crippen LogP contribution in [0.1, 0.15) is 63.1 Å². The summed E-state index contributed by atoms with van der Waals surface area (Å²) in [6.45, 7) is 4.94. The zero-order chi connectivity index (χ0) is 19.8. The molecule has 1 amide bonds. The molecule has 1 aromatic heterocycles. The molecular formula is C19H32N4O3S. The van der Waals surface area contributed by atoms with Gasteiger partial charge in [0.1, 0.15) is 0 Å². The lowest BCUT2D eigenvalue weighted by atomic mass is 9.88. The highest BCUT2D eigenvalue weighted by atomic mass is 32.2. The lowest BCUT2D eigenvalue weighted by Crippen LogP contribution is -2.45. The number of nitrogens with one attached hydrogen (secondary N) is 1. The summed E-state index contributed by atoms with van der Waals surface area (Å²) in [5.74, 6) is 0.755. The van der Waals surface area contributed by atoms with E-state index in [1.807, 2.05) is 27.9 Å². The second kappa shape index (κ2) is 10.8. The fraction of sp³-hybridized carbons (Fsp3) is 0.789. The lowest BCUT2D eigenvalue weighted by Gasteiger charge is -2.24. The van der Waals surface area contributed by atoms with Crippen molar-refractivity contribution in [3.63, 3.8) is 0 Å². The van der Waals surface area contributed by atoms with Crippen molar-refractivity contribution in [3.05, 3.63) is 5.89 Å². The van der Waals surface area contributed by atoms with Gasteiger partial charge in [-0.1, -0.05) is 44.9 Å².